The van der Waals surface area contributed by atoms with Crippen molar-refractivity contribution in [2.45, 2.75) is 26.7 Å². The summed E-state index contributed by atoms with van der Waals surface area (Å²) < 4.78 is 4.89. The summed E-state index contributed by atoms with van der Waals surface area (Å²) in [5, 5.41) is 5.83. The van der Waals surface area contributed by atoms with Crippen molar-refractivity contribution in [1.82, 2.24) is 4.98 Å². The second-order valence-corrected chi connectivity index (χ2v) is 5.31. The smallest absolute Gasteiger partial charge is 0.357 e. The van der Waals surface area contributed by atoms with Crippen LogP contribution in [0.5, 0.6) is 0 Å². The first-order valence-corrected chi connectivity index (χ1v) is 6.95. The Labute approximate surface area is 105 Å². The zero-order valence-electron chi connectivity index (χ0n) is 10.2. The van der Waals surface area contributed by atoms with E-state index in [-0.39, 0.29) is 5.97 Å². The summed E-state index contributed by atoms with van der Waals surface area (Å²) in [6, 6.07) is 0. The van der Waals surface area contributed by atoms with E-state index < -0.39 is 0 Å². The first-order chi connectivity index (χ1) is 8.20. The molecule has 1 atom stereocenters. The summed E-state index contributed by atoms with van der Waals surface area (Å²) in [5.74, 6) is 1.23. The van der Waals surface area contributed by atoms with Crippen molar-refractivity contribution < 1.29 is 9.53 Å². The molecule has 1 aromatic rings. The van der Waals surface area contributed by atoms with E-state index >= 15 is 0 Å². The average Bonchev–Trinajstić information content (AvgIpc) is 3.05. The Kier molecular flexibility index (Phi) is 3.99. The van der Waals surface area contributed by atoms with Gasteiger partial charge in [0.05, 0.1) is 6.61 Å². The number of carbonyl (C=O) groups excluding carboxylic acids is 1. The molecule has 1 unspecified atom stereocenters. The van der Waals surface area contributed by atoms with E-state index in [2.05, 4.69) is 17.2 Å². The average molecular weight is 254 g/mol. The van der Waals surface area contributed by atoms with Gasteiger partial charge in [-0.3, -0.25) is 0 Å². The van der Waals surface area contributed by atoms with E-state index in [9.17, 15) is 4.79 Å². The van der Waals surface area contributed by atoms with E-state index in [1.54, 1.807) is 12.3 Å². The van der Waals surface area contributed by atoms with Gasteiger partial charge >= 0.3 is 5.97 Å². The standard InChI is InChI=1S/C12H18N2O2S/c1-3-16-11(15)10-7-17-12(14-10)13-6-8(2)9-4-5-9/h7-9H,3-6H2,1-2H3,(H,13,14). The summed E-state index contributed by atoms with van der Waals surface area (Å²) >= 11 is 1.45. The van der Waals surface area contributed by atoms with Crippen LogP contribution in [0.2, 0.25) is 0 Å². The van der Waals surface area contributed by atoms with Gasteiger partial charge in [0, 0.05) is 11.9 Å². The van der Waals surface area contributed by atoms with Gasteiger partial charge in [0.15, 0.2) is 10.8 Å². The van der Waals surface area contributed by atoms with Crippen LogP contribution in [0.3, 0.4) is 0 Å². The minimum Gasteiger partial charge on any atom is -0.461 e. The lowest BCUT2D eigenvalue weighted by Crippen LogP contribution is -2.13. The number of esters is 1. The van der Waals surface area contributed by atoms with Crippen molar-refractivity contribution in [1.29, 1.82) is 0 Å². The van der Waals surface area contributed by atoms with Gasteiger partial charge in [-0.1, -0.05) is 6.92 Å². The quantitative estimate of drug-likeness (QED) is 0.793. The third kappa shape index (κ3) is 3.43. The SMILES string of the molecule is CCOC(=O)c1csc(NCC(C)C2CC2)n1. The molecular weight excluding hydrogens is 236 g/mol. The van der Waals surface area contributed by atoms with Crippen molar-refractivity contribution in [2.75, 3.05) is 18.5 Å². The molecule has 1 aliphatic carbocycles. The molecule has 0 amide bonds. The molecule has 0 bridgehead atoms. The maximum atomic E-state index is 11.4. The summed E-state index contributed by atoms with van der Waals surface area (Å²) in [6.07, 6.45) is 2.71. The predicted octanol–water partition coefficient (Wildman–Crippen LogP) is 2.78. The van der Waals surface area contributed by atoms with Crippen molar-refractivity contribution in [2.24, 2.45) is 11.8 Å². The maximum absolute atomic E-state index is 11.4. The molecule has 0 spiro atoms. The highest BCUT2D eigenvalue weighted by Gasteiger charge is 2.27. The Balaban J connectivity index is 1.82. The van der Waals surface area contributed by atoms with Crippen molar-refractivity contribution in [3.8, 4) is 0 Å². The van der Waals surface area contributed by atoms with E-state index in [0.29, 0.717) is 18.2 Å². The van der Waals surface area contributed by atoms with E-state index in [0.717, 1.165) is 17.6 Å². The van der Waals surface area contributed by atoms with Gasteiger partial charge in [-0.25, -0.2) is 9.78 Å². The van der Waals surface area contributed by atoms with Crippen LogP contribution in [-0.2, 0) is 4.74 Å². The van der Waals surface area contributed by atoms with Crippen LogP contribution in [0.25, 0.3) is 0 Å². The van der Waals surface area contributed by atoms with Crippen molar-refractivity contribution >= 4 is 22.4 Å². The number of hydrogen-bond acceptors (Lipinski definition) is 5. The lowest BCUT2D eigenvalue weighted by atomic mass is 10.1. The molecule has 0 saturated heterocycles. The molecule has 1 fully saturated rings. The summed E-state index contributed by atoms with van der Waals surface area (Å²) in [7, 11) is 0. The molecule has 1 aliphatic rings. The first kappa shape index (κ1) is 12.4. The summed E-state index contributed by atoms with van der Waals surface area (Å²) in [5.41, 5.74) is 0.401. The topological polar surface area (TPSA) is 51.2 Å². The molecule has 0 aromatic carbocycles. The number of rotatable bonds is 6. The van der Waals surface area contributed by atoms with Gasteiger partial charge in [-0.15, -0.1) is 11.3 Å². The third-order valence-corrected chi connectivity index (χ3v) is 3.79. The van der Waals surface area contributed by atoms with Gasteiger partial charge in [0.1, 0.15) is 0 Å². The van der Waals surface area contributed by atoms with E-state index in [1.807, 2.05) is 0 Å². The number of anilines is 1. The normalized spacial score (nSPS) is 16.6. The number of nitrogens with one attached hydrogen (secondary N) is 1. The molecule has 0 radical (unpaired) electrons. The Bertz CT molecular complexity index is 388. The van der Waals surface area contributed by atoms with Crippen LogP contribution in [0, 0.1) is 11.8 Å². The molecule has 94 valence electrons. The fourth-order valence-electron chi connectivity index (χ4n) is 1.73. The molecule has 1 saturated carbocycles. The number of nitrogens with zero attached hydrogens (tertiary/aromatic N) is 1. The maximum Gasteiger partial charge on any atom is 0.357 e. The molecule has 1 aromatic heterocycles. The highest BCUT2D eigenvalue weighted by Crippen LogP contribution is 2.36. The minimum atomic E-state index is -0.341. The van der Waals surface area contributed by atoms with Crippen LogP contribution in [-0.4, -0.2) is 24.1 Å². The summed E-state index contributed by atoms with van der Waals surface area (Å²) in [4.78, 5) is 15.6. The fraction of sp³-hybridized carbons (Fsp3) is 0.667. The van der Waals surface area contributed by atoms with Gasteiger partial charge in [0.2, 0.25) is 0 Å². The molecule has 0 aliphatic heterocycles. The van der Waals surface area contributed by atoms with Crippen LogP contribution < -0.4 is 5.32 Å². The third-order valence-electron chi connectivity index (χ3n) is 2.99. The van der Waals surface area contributed by atoms with Crippen molar-refractivity contribution in [3.05, 3.63) is 11.1 Å². The second-order valence-electron chi connectivity index (χ2n) is 4.45. The van der Waals surface area contributed by atoms with E-state index in [4.69, 9.17) is 4.74 Å². The second kappa shape index (κ2) is 5.49. The zero-order valence-corrected chi connectivity index (χ0v) is 11.0. The van der Waals surface area contributed by atoms with Crippen LogP contribution in [0.1, 0.15) is 37.2 Å². The Morgan fingerprint density at radius 1 is 1.71 bits per heavy atom. The van der Waals surface area contributed by atoms with Gasteiger partial charge < -0.3 is 10.1 Å². The molecule has 2 rings (SSSR count). The highest BCUT2D eigenvalue weighted by molar-refractivity contribution is 7.13. The van der Waals surface area contributed by atoms with Crippen molar-refractivity contribution in [3.63, 3.8) is 0 Å². The van der Waals surface area contributed by atoms with Crippen LogP contribution in [0.4, 0.5) is 5.13 Å². The lowest BCUT2D eigenvalue weighted by Gasteiger charge is -2.09. The van der Waals surface area contributed by atoms with Crippen LogP contribution >= 0.6 is 11.3 Å². The van der Waals surface area contributed by atoms with E-state index in [1.165, 1.54) is 24.2 Å². The number of hydrogen-bond donors (Lipinski definition) is 1. The predicted molar refractivity (Wildman–Crippen MR) is 68.4 cm³/mol. The minimum absolute atomic E-state index is 0.341. The molecule has 5 heteroatoms. The number of aromatic nitrogens is 1. The number of thiazole rings is 1. The number of ether oxygens (including phenoxy) is 1. The first-order valence-electron chi connectivity index (χ1n) is 6.07. The molecular formula is C12H18N2O2S. The zero-order chi connectivity index (χ0) is 12.3. The Morgan fingerprint density at radius 2 is 2.47 bits per heavy atom. The molecule has 4 nitrogen and oxygen atoms in total. The molecule has 1 heterocycles. The van der Waals surface area contributed by atoms with Crippen LogP contribution in [0.15, 0.2) is 5.38 Å². The molecule has 1 N–H and O–H groups in total. The van der Waals surface area contributed by atoms with Gasteiger partial charge in [0.25, 0.3) is 0 Å². The number of carbonyl (C=O) groups is 1. The molecule has 17 heavy (non-hydrogen) atoms. The van der Waals surface area contributed by atoms with Gasteiger partial charge in [-0.05, 0) is 31.6 Å². The Hall–Kier alpha value is -1.10. The van der Waals surface area contributed by atoms with Gasteiger partial charge in [-0.2, -0.15) is 0 Å². The lowest BCUT2D eigenvalue weighted by molar-refractivity contribution is 0.0520. The largest absolute Gasteiger partial charge is 0.461 e. The fourth-order valence-corrected chi connectivity index (χ4v) is 2.42. The Morgan fingerprint density at radius 3 is 3.12 bits per heavy atom. The highest BCUT2D eigenvalue weighted by atomic mass is 32.1. The monoisotopic (exact) mass is 254 g/mol. The summed E-state index contributed by atoms with van der Waals surface area (Å²) in [6.45, 7) is 5.36.